The number of aryl methyl sites for hydroxylation is 1. The van der Waals surface area contributed by atoms with Gasteiger partial charge in [-0.25, -0.2) is 4.39 Å². The monoisotopic (exact) mass is 466 g/mol. The van der Waals surface area contributed by atoms with Gasteiger partial charge >= 0.3 is 0 Å². The van der Waals surface area contributed by atoms with Gasteiger partial charge in [-0.1, -0.05) is 35.0 Å². The number of hydrogen-bond acceptors (Lipinski definition) is 6. The zero-order valence-electron chi connectivity index (χ0n) is 20.0. The molecule has 7 nitrogen and oxygen atoms in total. The predicted octanol–water partition coefficient (Wildman–Crippen LogP) is 3.83. The minimum absolute atomic E-state index is 0.231. The molecule has 1 aliphatic rings. The van der Waals surface area contributed by atoms with Gasteiger partial charge in [0, 0.05) is 37.3 Å². The van der Waals surface area contributed by atoms with Crippen LogP contribution in [-0.2, 0) is 11.3 Å². The van der Waals surface area contributed by atoms with Gasteiger partial charge in [0.15, 0.2) is 0 Å². The van der Waals surface area contributed by atoms with Gasteiger partial charge in [-0.3, -0.25) is 4.79 Å². The number of benzene rings is 2. The Kier molecular flexibility index (Phi) is 7.59. The maximum Gasteiger partial charge on any atom is 0.254 e. The molecule has 0 atom stereocenters. The highest BCUT2D eigenvalue weighted by Gasteiger charge is 2.28. The van der Waals surface area contributed by atoms with Crippen molar-refractivity contribution in [2.24, 2.45) is 0 Å². The molecule has 1 fully saturated rings. The van der Waals surface area contributed by atoms with Crippen LogP contribution in [0.1, 0.15) is 21.5 Å². The van der Waals surface area contributed by atoms with E-state index in [9.17, 15) is 9.18 Å². The zero-order valence-corrected chi connectivity index (χ0v) is 20.0. The molecule has 1 aromatic heterocycles. The SMILES string of the molecule is Cc1cccc(-c2noc(N3CCOCC3)c2CN(CCN(C)C)C(=O)c2cccc(F)c2)c1. The van der Waals surface area contributed by atoms with Gasteiger partial charge in [-0.2, -0.15) is 0 Å². The van der Waals surface area contributed by atoms with E-state index >= 15 is 0 Å². The number of aromatic nitrogens is 1. The van der Waals surface area contributed by atoms with Crippen LogP contribution in [0, 0.1) is 12.7 Å². The summed E-state index contributed by atoms with van der Waals surface area (Å²) in [5.41, 5.74) is 3.92. The van der Waals surface area contributed by atoms with Gasteiger partial charge in [-0.05, 0) is 45.3 Å². The lowest BCUT2D eigenvalue weighted by Crippen LogP contribution is -2.38. The van der Waals surface area contributed by atoms with Crippen molar-refractivity contribution in [2.75, 3.05) is 58.4 Å². The van der Waals surface area contributed by atoms with E-state index in [2.05, 4.69) is 16.1 Å². The summed E-state index contributed by atoms with van der Waals surface area (Å²) in [6.07, 6.45) is 0. The molecular formula is C26H31FN4O3. The molecule has 4 rings (SSSR count). The van der Waals surface area contributed by atoms with E-state index in [1.807, 2.05) is 44.1 Å². The third-order valence-corrected chi connectivity index (χ3v) is 5.88. The summed E-state index contributed by atoms with van der Waals surface area (Å²) >= 11 is 0. The molecule has 0 unspecified atom stereocenters. The van der Waals surface area contributed by atoms with Gasteiger partial charge in [-0.15, -0.1) is 0 Å². The fourth-order valence-corrected chi connectivity index (χ4v) is 4.05. The number of morpholine rings is 1. The van der Waals surface area contributed by atoms with Crippen molar-refractivity contribution in [1.29, 1.82) is 0 Å². The highest BCUT2D eigenvalue weighted by Crippen LogP contribution is 2.33. The smallest absolute Gasteiger partial charge is 0.254 e. The second-order valence-corrected chi connectivity index (χ2v) is 8.82. The molecule has 34 heavy (non-hydrogen) atoms. The molecule has 1 saturated heterocycles. The van der Waals surface area contributed by atoms with E-state index in [-0.39, 0.29) is 5.91 Å². The molecule has 0 bridgehead atoms. The Balaban J connectivity index is 1.73. The maximum atomic E-state index is 13.9. The minimum atomic E-state index is -0.433. The number of hydrogen-bond donors (Lipinski definition) is 0. The molecule has 2 heterocycles. The number of nitrogens with zero attached hydrogens (tertiary/aromatic N) is 4. The third-order valence-electron chi connectivity index (χ3n) is 5.88. The van der Waals surface area contributed by atoms with Crippen LogP contribution < -0.4 is 4.90 Å². The van der Waals surface area contributed by atoms with E-state index < -0.39 is 5.82 Å². The van der Waals surface area contributed by atoms with Gasteiger partial charge in [0.25, 0.3) is 5.91 Å². The number of amides is 1. The summed E-state index contributed by atoms with van der Waals surface area (Å²) in [4.78, 5) is 19.4. The summed E-state index contributed by atoms with van der Waals surface area (Å²) in [5.74, 6) is -0.00906. The molecular weight excluding hydrogens is 435 g/mol. The number of likely N-dealkylation sites (N-methyl/N-ethyl adjacent to an activating group) is 1. The van der Waals surface area contributed by atoms with Gasteiger partial charge in [0.2, 0.25) is 5.88 Å². The van der Waals surface area contributed by atoms with Crippen molar-refractivity contribution in [1.82, 2.24) is 15.0 Å². The summed E-state index contributed by atoms with van der Waals surface area (Å²) in [6, 6.07) is 13.9. The lowest BCUT2D eigenvalue weighted by molar-refractivity contribution is 0.0731. The van der Waals surface area contributed by atoms with Crippen LogP contribution in [0.2, 0.25) is 0 Å². The van der Waals surface area contributed by atoms with Gasteiger partial charge in [0.1, 0.15) is 11.5 Å². The second kappa shape index (κ2) is 10.8. The van der Waals surface area contributed by atoms with Crippen LogP contribution in [0.25, 0.3) is 11.3 Å². The van der Waals surface area contributed by atoms with E-state index in [4.69, 9.17) is 9.26 Å². The summed E-state index contributed by atoms with van der Waals surface area (Å²) in [5, 5.41) is 4.43. The van der Waals surface area contributed by atoms with Gasteiger partial charge < -0.3 is 24.0 Å². The molecule has 8 heteroatoms. The Labute approximate surface area is 199 Å². The van der Waals surface area contributed by atoms with Crippen molar-refractivity contribution < 1.29 is 18.4 Å². The van der Waals surface area contributed by atoms with Crippen LogP contribution in [0.3, 0.4) is 0 Å². The Morgan fingerprint density at radius 3 is 2.56 bits per heavy atom. The Morgan fingerprint density at radius 1 is 1.09 bits per heavy atom. The number of carbonyl (C=O) groups excluding carboxylic acids is 1. The number of anilines is 1. The fourth-order valence-electron chi connectivity index (χ4n) is 4.05. The van der Waals surface area contributed by atoms with Crippen molar-refractivity contribution in [2.45, 2.75) is 13.5 Å². The lowest BCUT2D eigenvalue weighted by Gasteiger charge is -2.29. The summed E-state index contributed by atoms with van der Waals surface area (Å²) in [6.45, 7) is 6.04. The van der Waals surface area contributed by atoms with Crippen molar-refractivity contribution in [3.63, 3.8) is 0 Å². The largest absolute Gasteiger partial charge is 0.378 e. The highest BCUT2D eigenvalue weighted by atomic mass is 19.1. The quantitative estimate of drug-likeness (QED) is 0.503. The first-order chi connectivity index (χ1) is 16.4. The molecule has 0 N–H and O–H groups in total. The highest BCUT2D eigenvalue weighted by molar-refractivity contribution is 5.94. The van der Waals surface area contributed by atoms with Crippen LogP contribution in [-0.4, -0.2) is 74.4 Å². The molecule has 0 spiro atoms. The molecule has 0 saturated carbocycles. The average Bonchev–Trinajstić information content (AvgIpc) is 3.25. The van der Waals surface area contributed by atoms with Crippen molar-refractivity contribution in [3.8, 4) is 11.3 Å². The summed E-state index contributed by atoms with van der Waals surface area (Å²) < 4.78 is 25.3. The van der Waals surface area contributed by atoms with E-state index in [1.54, 1.807) is 17.0 Å². The minimum Gasteiger partial charge on any atom is -0.378 e. The van der Waals surface area contributed by atoms with Crippen molar-refractivity contribution >= 4 is 11.8 Å². The van der Waals surface area contributed by atoms with Crippen LogP contribution in [0.5, 0.6) is 0 Å². The first kappa shape index (κ1) is 23.9. The Morgan fingerprint density at radius 2 is 1.85 bits per heavy atom. The molecule has 3 aromatic rings. The predicted molar refractivity (Wildman–Crippen MR) is 129 cm³/mol. The van der Waals surface area contributed by atoms with E-state index in [0.717, 1.165) is 16.7 Å². The lowest BCUT2D eigenvalue weighted by atomic mass is 10.0. The van der Waals surface area contributed by atoms with E-state index in [0.29, 0.717) is 63.1 Å². The molecule has 0 aliphatic carbocycles. The number of rotatable bonds is 8. The van der Waals surface area contributed by atoms with Gasteiger partial charge in [0.05, 0.1) is 25.3 Å². The molecule has 0 radical (unpaired) electrons. The van der Waals surface area contributed by atoms with Crippen molar-refractivity contribution in [3.05, 3.63) is 71.0 Å². The fraction of sp³-hybridized carbons (Fsp3) is 0.385. The van der Waals surface area contributed by atoms with E-state index in [1.165, 1.54) is 12.1 Å². The number of ether oxygens (including phenoxy) is 1. The second-order valence-electron chi connectivity index (χ2n) is 8.82. The molecule has 180 valence electrons. The zero-order chi connectivity index (χ0) is 24.1. The topological polar surface area (TPSA) is 62.1 Å². The van der Waals surface area contributed by atoms with Crippen LogP contribution >= 0.6 is 0 Å². The Bertz CT molecular complexity index is 1120. The third kappa shape index (κ3) is 5.63. The maximum absolute atomic E-state index is 13.9. The normalized spacial score (nSPS) is 14.0. The summed E-state index contributed by atoms with van der Waals surface area (Å²) in [7, 11) is 3.92. The molecule has 2 aromatic carbocycles. The number of halogens is 1. The standard InChI is InChI=1S/C26H31FN4O3/c1-19-6-4-7-20(16-19)24-23(26(34-28-24)30-12-14-33-15-13-30)18-31(11-10-29(2)3)25(32)21-8-5-9-22(27)17-21/h4-9,16-17H,10-15,18H2,1-3H3. The Hall–Kier alpha value is -3.23. The average molecular weight is 467 g/mol. The first-order valence-corrected chi connectivity index (χ1v) is 11.5. The molecule has 1 amide bonds. The van der Waals surface area contributed by atoms with Crippen LogP contribution in [0.15, 0.2) is 53.1 Å². The molecule has 1 aliphatic heterocycles. The van der Waals surface area contributed by atoms with Crippen LogP contribution in [0.4, 0.5) is 10.3 Å². The first-order valence-electron chi connectivity index (χ1n) is 11.5. The number of carbonyl (C=O) groups is 1.